The Morgan fingerprint density at radius 2 is 2.18 bits per heavy atom. The molecule has 2 atom stereocenters. The Kier molecular flexibility index (Phi) is 2.57. The van der Waals surface area contributed by atoms with Crippen LogP contribution in [0.5, 0.6) is 0 Å². The number of amides is 1. The lowest BCUT2D eigenvalue weighted by atomic mass is 10.2. The maximum absolute atomic E-state index is 11.8. The number of nitrogens with one attached hydrogen (secondary N) is 1. The molecule has 0 radical (unpaired) electrons. The molecule has 88 valence electrons. The van der Waals surface area contributed by atoms with Crippen LogP contribution >= 0.6 is 0 Å². The molecular weight excluding hydrogens is 216 g/mol. The van der Waals surface area contributed by atoms with Crippen LogP contribution in [0, 0.1) is 0 Å². The maximum atomic E-state index is 11.8. The number of hydrogen-bond acceptors (Lipinski definition) is 3. The van der Waals surface area contributed by atoms with Gasteiger partial charge in [-0.1, -0.05) is 42.5 Å². The van der Waals surface area contributed by atoms with E-state index in [1.807, 2.05) is 36.4 Å². The molecule has 2 aliphatic rings. The van der Waals surface area contributed by atoms with Crippen LogP contribution in [0.2, 0.25) is 0 Å². The average molecular weight is 230 g/mol. The summed E-state index contributed by atoms with van der Waals surface area (Å²) in [6.07, 6.45) is 4.79. The summed E-state index contributed by atoms with van der Waals surface area (Å²) in [5, 5.41) is 1.58. The lowest BCUT2D eigenvalue weighted by Gasteiger charge is -2.23. The molecular formula is C13H14N2O2. The van der Waals surface area contributed by atoms with Crippen molar-refractivity contribution < 1.29 is 9.53 Å². The van der Waals surface area contributed by atoms with Crippen LogP contribution in [0.4, 0.5) is 4.79 Å². The molecule has 3 rings (SSSR count). The largest absolute Gasteiger partial charge is 0.444 e. The molecule has 1 amide bonds. The Bertz CT molecular complexity index is 444. The van der Waals surface area contributed by atoms with E-state index in [1.54, 1.807) is 5.01 Å². The van der Waals surface area contributed by atoms with Crippen LogP contribution in [0.3, 0.4) is 0 Å². The van der Waals surface area contributed by atoms with E-state index >= 15 is 0 Å². The quantitative estimate of drug-likeness (QED) is 0.788. The molecule has 1 aromatic carbocycles. The zero-order valence-electron chi connectivity index (χ0n) is 9.37. The Morgan fingerprint density at radius 3 is 2.82 bits per heavy atom. The van der Waals surface area contributed by atoms with Gasteiger partial charge >= 0.3 is 6.09 Å². The minimum Gasteiger partial charge on any atom is -0.444 e. The normalized spacial score (nSPS) is 25.3. The van der Waals surface area contributed by atoms with Gasteiger partial charge in [-0.15, -0.1) is 0 Å². The van der Waals surface area contributed by atoms with Crippen molar-refractivity contribution in [3.63, 3.8) is 0 Å². The van der Waals surface area contributed by atoms with Crippen molar-refractivity contribution in [1.29, 1.82) is 0 Å². The van der Waals surface area contributed by atoms with E-state index in [1.165, 1.54) is 0 Å². The first-order valence-electron chi connectivity index (χ1n) is 5.77. The van der Waals surface area contributed by atoms with E-state index in [9.17, 15) is 4.79 Å². The van der Waals surface area contributed by atoms with Gasteiger partial charge in [-0.2, -0.15) is 0 Å². The minimum absolute atomic E-state index is 0.156. The second-order valence-corrected chi connectivity index (χ2v) is 4.33. The summed E-state index contributed by atoms with van der Waals surface area (Å²) in [7, 11) is 0. The van der Waals surface area contributed by atoms with E-state index in [0.29, 0.717) is 12.6 Å². The molecule has 1 aromatic rings. The molecule has 1 fully saturated rings. The number of hydrogen-bond donors (Lipinski definition) is 1. The predicted molar refractivity (Wildman–Crippen MR) is 62.9 cm³/mol. The fraction of sp³-hybridized carbons (Fsp3) is 0.308. The smallest absolute Gasteiger partial charge is 0.425 e. The van der Waals surface area contributed by atoms with Gasteiger partial charge in [-0.25, -0.2) is 15.2 Å². The van der Waals surface area contributed by atoms with Gasteiger partial charge in [-0.3, -0.25) is 0 Å². The Balaban J connectivity index is 1.56. The summed E-state index contributed by atoms with van der Waals surface area (Å²) < 4.78 is 5.26. The minimum atomic E-state index is -0.300. The van der Waals surface area contributed by atoms with E-state index in [2.05, 4.69) is 11.5 Å². The van der Waals surface area contributed by atoms with Gasteiger partial charge in [0.1, 0.15) is 6.61 Å². The van der Waals surface area contributed by atoms with Crippen LogP contribution in [-0.4, -0.2) is 23.2 Å². The van der Waals surface area contributed by atoms with Gasteiger partial charge in [0.15, 0.2) is 0 Å². The molecule has 1 saturated heterocycles. The highest BCUT2D eigenvalue weighted by molar-refractivity contribution is 5.68. The van der Waals surface area contributed by atoms with E-state index < -0.39 is 0 Å². The lowest BCUT2D eigenvalue weighted by molar-refractivity contribution is 0.0789. The molecule has 1 aliphatic heterocycles. The van der Waals surface area contributed by atoms with Gasteiger partial charge in [0.25, 0.3) is 0 Å². The molecule has 2 bridgehead atoms. The van der Waals surface area contributed by atoms with Crippen molar-refractivity contribution in [2.45, 2.75) is 25.1 Å². The molecule has 2 unspecified atom stereocenters. The second kappa shape index (κ2) is 4.22. The SMILES string of the molecule is O=C(OCc1ccccc1)N1NC2C=CC1C2. The van der Waals surface area contributed by atoms with Crippen molar-refractivity contribution >= 4 is 6.09 Å². The summed E-state index contributed by atoms with van der Waals surface area (Å²) in [6.45, 7) is 0.318. The van der Waals surface area contributed by atoms with Crippen LogP contribution < -0.4 is 5.43 Å². The number of ether oxygens (including phenoxy) is 1. The van der Waals surface area contributed by atoms with Crippen LogP contribution in [0.15, 0.2) is 42.5 Å². The van der Waals surface area contributed by atoms with Gasteiger partial charge < -0.3 is 4.74 Å². The topological polar surface area (TPSA) is 41.6 Å². The standard InChI is InChI=1S/C13H14N2O2/c16-13(15-12-7-6-11(8-12)14-15)17-9-10-4-2-1-3-5-10/h1-7,11-12,14H,8-9H2. The van der Waals surface area contributed by atoms with Crippen molar-refractivity contribution in [2.24, 2.45) is 0 Å². The first kappa shape index (κ1) is 10.4. The number of nitrogens with zero attached hydrogens (tertiary/aromatic N) is 1. The molecule has 1 N–H and O–H groups in total. The Hall–Kier alpha value is -1.81. The van der Waals surface area contributed by atoms with Crippen molar-refractivity contribution in [2.75, 3.05) is 0 Å². The van der Waals surface area contributed by atoms with Crippen LogP contribution in [0.25, 0.3) is 0 Å². The van der Waals surface area contributed by atoms with E-state index in [0.717, 1.165) is 12.0 Å². The highest BCUT2D eigenvalue weighted by Gasteiger charge is 2.37. The molecule has 4 heteroatoms. The maximum Gasteiger partial charge on any atom is 0.425 e. The monoisotopic (exact) mass is 230 g/mol. The average Bonchev–Trinajstić information content (AvgIpc) is 2.99. The predicted octanol–water partition coefficient (Wildman–Crippen LogP) is 1.84. The molecule has 0 saturated carbocycles. The lowest BCUT2D eigenvalue weighted by Crippen LogP contribution is -2.45. The third kappa shape index (κ3) is 2.03. The molecule has 0 spiro atoms. The van der Waals surface area contributed by atoms with E-state index in [-0.39, 0.29) is 12.1 Å². The van der Waals surface area contributed by atoms with Crippen molar-refractivity contribution in [3.05, 3.63) is 48.0 Å². The summed E-state index contributed by atoms with van der Waals surface area (Å²) in [5.74, 6) is 0. The van der Waals surface area contributed by atoms with E-state index in [4.69, 9.17) is 4.74 Å². The zero-order chi connectivity index (χ0) is 11.7. The summed E-state index contributed by atoms with van der Waals surface area (Å²) in [4.78, 5) is 11.8. The molecule has 4 nitrogen and oxygen atoms in total. The number of hydrazine groups is 1. The van der Waals surface area contributed by atoms with Crippen molar-refractivity contribution in [1.82, 2.24) is 10.4 Å². The van der Waals surface area contributed by atoms with Gasteiger partial charge in [0.2, 0.25) is 0 Å². The third-order valence-electron chi connectivity index (χ3n) is 3.10. The van der Waals surface area contributed by atoms with Gasteiger partial charge in [-0.05, 0) is 12.0 Å². The first-order valence-corrected chi connectivity index (χ1v) is 5.77. The highest BCUT2D eigenvalue weighted by Crippen LogP contribution is 2.24. The van der Waals surface area contributed by atoms with Crippen LogP contribution in [0.1, 0.15) is 12.0 Å². The molecule has 0 aromatic heterocycles. The molecule has 17 heavy (non-hydrogen) atoms. The molecule has 1 heterocycles. The summed E-state index contributed by atoms with van der Waals surface area (Å²) >= 11 is 0. The number of fused-ring (bicyclic) bond motifs is 2. The second-order valence-electron chi connectivity index (χ2n) is 4.33. The van der Waals surface area contributed by atoms with Crippen molar-refractivity contribution in [3.8, 4) is 0 Å². The fourth-order valence-electron chi connectivity index (χ4n) is 2.22. The summed E-state index contributed by atoms with van der Waals surface area (Å²) in [6, 6.07) is 10.1. The number of carbonyl (C=O) groups excluding carboxylic acids is 1. The number of benzene rings is 1. The summed E-state index contributed by atoms with van der Waals surface area (Å²) in [5.41, 5.74) is 4.10. The fourth-order valence-corrected chi connectivity index (χ4v) is 2.22. The highest BCUT2D eigenvalue weighted by atomic mass is 16.6. The van der Waals surface area contributed by atoms with Gasteiger partial charge in [0, 0.05) is 6.04 Å². The zero-order valence-corrected chi connectivity index (χ0v) is 9.37. The third-order valence-corrected chi connectivity index (χ3v) is 3.10. The Labute approximate surface area is 99.8 Å². The Morgan fingerprint density at radius 1 is 1.35 bits per heavy atom. The van der Waals surface area contributed by atoms with Crippen LogP contribution in [-0.2, 0) is 11.3 Å². The van der Waals surface area contributed by atoms with Gasteiger partial charge in [0.05, 0.1) is 6.04 Å². The molecule has 1 aliphatic carbocycles. The number of carbonyl (C=O) groups is 1. The number of rotatable bonds is 2. The first-order chi connectivity index (χ1) is 8.33.